The van der Waals surface area contributed by atoms with Crippen LogP contribution in [0.15, 0.2) is 104 Å². The summed E-state index contributed by atoms with van der Waals surface area (Å²) in [6.45, 7) is 3.75. The van der Waals surface area contributed by atoms with Crippen molar-refractivity contribution < 1.29 is 24.0 Å². The number of aromatic nitrogens is 3. The Hall–Kier alpha value is -6.52. The Kier molecular flexibility index (Phi) is 16.6. The van der Waals surface area contributed by atoms with Crippen molar-refractivity contribution >= 4 is 40.6 Å². The molecule has 0 aliphatic rings. The van der Waals surface area contributed by atoms with Gasteiger partial charge in [-0.3, -0.25) is 24.6 Å². The van der Waals surface area contributed by atoms with E-state index in [4.69, 9.17) is 5.73 Å². The summed E-state index contributed by atoms with van der Waals surface area (Å²) < 4.78 is 0. The van der Waals surface area contributed by atoms with Gasteiger partial charge in [0, 0.05) is 67.9 Å². The highest BCUT2D eigenvalue weighted by atomic mass is 16.2. The Morgan fingerprint density at radius 1 is 0.712 bits per heavy atom. The number of nitrogens with two attached hydrogens (primary N) is 1. The minimum Gasteiger partial charge on any atom is -0.361 e. The third-order valence-electron chi connectivity index (χ3n) is 9.89. The number of amides is 6. The third-order valence-corrected chi connectivity index (χ3v) is 9.89. The van der Waals surface area contributed by atoms with E-state index in [9.17, 15) is 24.0 Å². The molecule has 0 aliphatic heterocycles. The summed E-state index contributed by atoms with van der Waals surface area (Å²) in [7, 11) is 0. The molecule has 11 N–H and O–H groups in total. The van der Waals surface area contributed by atoms with Gasteiger partial charge in [-0.2, -0.15) is 0 Å². The van der Waals surface area contributed by atoms with Crippen LogP contribution in [0.2, 0.25) is 0 Å². The van der Waals surface area contributed by atoms with Gasteiger partial charge in [0.15, 0.2) is 0 Å². The highest BCUT2D eigenvalue weighted by Crippen LogP contribution is 2.19. The van der Waals surface area contributed by atoms with Crippen LogP contribution in [0, 0.1) is 0 Å². The van der Waals surface area contributed by atoms with Gasteiger partial charge in [-0.05, 0) is 55.4 Å². The molecule has 16 heteroatoms. The van der Waals surface area contributed by atoms with Crippen LogP contribution >= 0.6 is 0 Å². The average Bonchev–Trinajstić information content (AvgIpc) is 3.91. The molecule has 2 aromatic heterocycles. The number of imidazole rings is 1. The molecule has 0 fully saturated rings. The molecule has 59 heavy (non-hydrogen) atoms. The number of unbranched alkanes of at least 4 members (excludes halogenated alkanes) is 1. The number of urea groups is 1. The summed E-state index contributed by atoms with van der Waals surface area (Å²) in [6.07, 6.45) is 6.93. The molecule has 0 saturated heterocycles. The zero-order chi connectivity index (χ0) is 42.0. The van der Waals surface area contributed by atoms with E-state index in [1.165, 1.54) is 13.3 Å². The van der Waals surface area contributed by atoms with E-state index in [1.807, 2.05) is 98.0 Å². The molecule has 0 spiro atoms. The van der Waals surface area contributed by atoms with E-state index >= 15 is 0 Å². The van der Waals surface area contributed by atoms with Gasteiger partial charge < -0.3 is 42.3 Å². The smallest absolute Gasteiger partial charge is 0.329 e. The number of carbonyl (C=O) groups is 5. The predicted octanol–water partition coefficient (Wildman–Crippen LogP) is 2.57. The van der Waals surface area contributed by atoms with Gasteiger partial charge >= 0.3 is 6.03 Å². The molecule has 5 atom stereocenters. The van der Waals surface area contributed by atoms with Crippen molar-refractivity contribution in [2.24, 2.45) is 5.73 Å². The lowest BCUT2D eigenvalue weighted by Gasteiger charge is -2.26. The third kappa shape index (κ3) is 13.8. The summed E-state index contributed by atoms with van der Waals surface area (Å²) in [5, 5.41) is 15.4. The molecule has 2 heterocycles. The number of nitrogens with zero attached hydrogens (tertiary/aromatic N) is 1. The highest BCUT2D eigenvalue weighted by Gasteiger charge is 2.31. The molecule has 0 saturated carbocycles. The van der Waals surface area contributed by atoms with Crippen LogP contribution in [0.1, 0.15) is 61.5 Å². The zero-order valence-electron chi connectivity index (χ0n) is 33.4. The second-order valence-corrected chi connectivity index (χ2v) is 14.5. The van der Waals surface area contributed by atoms with E-state index in [0.717, 1.165) is 27.6 Å². The molecule has 0 bridgehead atoms. The van der Waals surface area contributed by atoms with E-state index in [-0.39, 0.29) is 37.9 Å². The van der Waals surface area contributed by atoms with Gasteiger partial charge in [-0.15, -0.1) is 0 Å². The topological polar surface area (TPSA) is 240 Å². The minimum absolute atomic E-state index is 0.115. The molecule has 312 valence electrons. The largest absolute Gasteiger partial charge is 0.361 e. The number of para-hydroxylation sites is 1. The summed E-state index contributed by atoms with van der Waals surface area (Å²) in [4.78, 5) is 76.8. The van der Waals surface area contributed by atoms with Crippen molar-refractivity contribution in [2.45, 2.75) is 82.6 Å². The SMILES string of the molecule is CC(=O)N[C@@H](Cc1cnc[nH]1)C(=O)N[C@H](Cc1ccccc1)C(=O)N[C@@H](CCCCNNC(=O)N[C@@H](C)c1ccccc1)C(=O)N[C@H](CN)Cc1c[nH]c2ccccc12. The number of rotatable bonds is 22. The molecular weight excluding hydrogens is 751 g/mol. The summed E-state index contributed by atoms with van der Waals surface area (Å²) in [6, 6.07) is 22.5. The van der Waals surface area contributed by atoms with Crippen LogP contribution < -0.4 is 43.2 Å². The lowest BCUT2D eigenvalue weighted by molar-refractivity contribution is -0.133. The van der Waals surface area contributed by atoms with Gasteiger partial charge in [0.2, 0.25) is 23.6 Å². The summed E-state index contributed by atoms with van der Waals surface area (Å²) in [5.74, 6) is -1.99. The van der Waals surface area contributed by atoms with Crippen molar-refractivity contribution in [1.82, 2.24) is 52.4 Å². The Morgan fingerprint density at radius 3 is 2.07 bits per heavy atom. The number of carbonyl (C=O) groups excluding carboxylic acids is 5. The van der Waals surface area contributed by atoms with Gasteiger partial charge in [-0.1, -0.05) is 78.9 Å². The molecule has 5 aromatic rings. The molecule has 0 aliphatic carbocycles. The second kappa shape index (κ2) is 22.4. The maximum atomic E-state index is 14.2. The van der Waals surface area contributed by atoms with Crippen molar-refractivity contribution in [3.63, 3.8) is 0 Å². The Morgan fingerprint density at radius 2 is 1.37 bits per heavy atom. The number of hydrogen-bond donors (Lipinski definition) is 10. The lowest BCUT2D eigenvalue weighted by Crippen LogP contribution is -2.58. The number of hydrazine groups is 1. The van der Waals surface area contributed by atoms with Crippen molar-refractivity contribution in [1.29, 1.82) is 0 Å². The number of hydrogen-bond acceptors (Lipinski definition) is 8. The predicted molar refractivity (Wildman–Crippen MR) is 225 cm³/mol. The van der Waals surface area contributed by atoms with Crippen LogP contribution in [0.25, 0.3) is 10.9 Å². The highest BCUT2D eigenvalue weighted by molar-refractivity contribution is 5.94. The quantitative estimate of drug-likeness (QED) is 0.0368. The molecule has 3 aromatic carbocycles. The average molecular weight is 806 g/mol. The lowest BCUT2D eigenvalue weighted by atomic mass is 10.0. The summed E-state index contributed by atoms with van der Waals surface area (Å²) in [5.41, 5.74) is 16.1. The van der Waals surface area contributed by atoms with E-state index in [1.54, 1.807) is 6.20 Å². The maximum Gasteiger partial charge on any atom is 0.329 e. The van der Waals surface area contributed by atoms with Crippen LogP contribution in [0.5, 0.6) is 0 Å². The molecule has 6 amide bonds. The fraction of sp³-hybridized carbons (Fsp3) is 0.349. The van der Waals surface area contributed by atoms with Crippen LogP contribution in [0.4, 0.5) is 4.79 Å². The molecule has 5 rings (SSSR count). The van der Waals surface area contributed by atoms with Crippen LogP contribution in [0.3, 0.4) is 0 Å². The Balaban J connectivity index is 1.26. The van der Waals surface area contributed by atoms with E-state index in [2.05, 4.69) is 52.4 Å². The van der Waals surface area contributed by atoms with Crippen molar-refractivity contribution in [3.05, 3.63) is 126 Å². The van der Waals surface area contributed by atoms with Crippen LogP contribution in [-0.2, 0) is 38.4 Å². The fourth-order valence-electron chi connectivity index (χ4n) is 6.77. The van der Waals surface area contributed by atoms with Gasteiger partial charge in [0.05, 0.1) is 12.4 Å². The molecule has 0 unspecified atom stereocenters. The second-order valence-electron chi connectivity index (χ2n) is 14.5. The van der Waals surface area contributed by atoms with Gasteiger partial charge in [0.1, 0.15) is 18.1 Å². The van der Waals surface area contributed by atoms with Gasteiger partial charge in [0.25, 0.3) is 0 Å². The Bertz CT molecular complexity index is 2090. The first kappa shape index (κ1) is 43.6. The Labute approximate surface area is 343 Å². The van der Waals surface area contributed by atoms with E-state index in [0.29, 0.717) is 31.5 Å². The zero-order valence-corrected chi connectivity index (χ0v) is 33.4. The first-order valence-corrected chi connectivity index (χ1v) is 19.9. The first-order chi connectivity index (χ1) is 28.6. The number of nitrogens with one attached hydrogen (secondary N) is 9. The molecule has 0 radical (unpaired) electrons. The minimum atomic E-state index is -1.10. The standard InChI is InChI=1S/C43H55N11O5/c1-28(31-15-7-4-8-16-31)49-43(59)54-48-20-12-11-19-37(40(56)51-33(24-44)22-32-25-46-36-18-10-9-17-35(32)36)52-41(57)38(21-30-13-5-3-6-14-30)53-42(58)39(50-29(2)55)23-34-26-45-27-47-34/h3-10,13-18,25-28,33,37-39,46,48H,11-12,19-24,44H2,1-2H3,(H,45,47)(H,50,55)(H,51,56)(H,52,57)(H,53,58)(H2,49,54,59)/t28-,33-,37-,38+,39-/m0/s1. The summed E-state index contributed by atoms with van der Waals surface area (Å²) >= 11 is 0. The molecule has 16 nitrogen and oxygen atoms in total. The normalized spacial score (nSPS) is 13.6. The first-order valence-electron chi connectivity index (χ1n) is 19.9. The monoisotopic (exact) mass is 805 g/mol. The fourth-order valence-corrected chi connectivity index (χ4v) is 6.77. The van der Waals surface area contributed by atoms with Crippen molar-refractivity contribution in [2.75, 3.05) is 13.1 Å². The maximum absolute atomic E-state index is 14.2. The van der Waals surface area contributed by atoms with Crippen LogP contribution in [-0.4, -0.2) is 81.9 Å². The number of aromatic amines is 2. The van der Waals surface area contributed by atoms with E-state index < -0.39 is 47.8 Å². The number of fused-ring (bicyclic) bond motifs is 1. The number of benzene rings is 3. The van der Waals surface area contributed by atoms with Gasteiger partial charge in [-0.25, -0.2) is 15.2 Å². The molecular formula is C43H55N11O5. The van der Waals surface area contributed by atoms with Crippen molar-refractivity contribution in [3.8, 4) is 0 Å². The number of H-pyrrole nitrogens is 2.